The molecule has 0 spiro atoms. The molecule has 7 heteroatoms. The molecule has 6 nitrogen and oxygen atoms in total. The van der Waals surface area contributed by atoms with Gasteiger partial charge in [-0.1, -0.05) is 54.6 Å². The molecular weight excluding hydrogens is 400 g/mol. The van der Waals surface area contributed by atoms with Crippen molar-refractivity contribution in [2.24, 2.45) is 0 Å². The second-order valence-electron chi connectivity index (χ2n) is 6.91. The van der Waals surface area contributed by atoms with E-state index in [0.717, 1.165) is 11.1 Å². The Bertz CT molecular complexity index is 1140. The van der Waals surface area contributed by atoms with E-state index in [1.54, 1.807) is 30.3 Å². The molecule has 0 bridgehead atoms. The Labute approximate surface area is 176 Å². The Kier molecular flexibility index (Phi) is 5.94. The van der Waals surface area contributed by atoms with Crippen LogP contribution < -0.4 is 5.32 Å². The van der Waals surface area contributed by atoms with E-state index in [9.17, 15) is 13.2 Å². The molecule has 1 heterocycles. The highest BCUT2D eigenvalue weighted by Gasteiger charge is 2.26. The zero-order chi connectivity index (χ0) is 21.0. The van der Waals surface area contributed by atoms with Gasteiger partial charge in [-0.15, -0.1) is 0 Å². The van der Waals surface area contributed by atoms with Gasteiger partial charge in [-0.05, 0) is 35.4 Å². The first-order valence-corrected chi connectivity index (χ1v) is 11.1. The maximum Gasteiger partial charge on any atom is 0.256 e. The van der Waals surface area contributed by atoms with Gasteiger partial charge in [0.15, 0.2) is 0 Å². The predicted octanol–water partition coefficient (Wildman–Crippen LogP) is 3.63. The highest BCUT2D eigenvalue weighted by atomic mass is 32.2. The van der Waals surface area contributed by atoms with Gasteiger partial charge in [-0.2, -0.15) is 4.31 Å². The third-order valence-electron chi connectivity index (χ3n) is 4.96. The minimum atomic E-state index is -3.63. The third kappa shape index (κ3) is 4.28. The van der Waals surface area contributed by atoms with Crippen molar-refractivity contribution in [3.05, 3.63) is 84.4 Å². The number of hydrogen-bond acceptors (Lipinski definition) is 4. The average molecular weight is 423 g/mol. The van der Waals surface area contributed by atoms with E-state index in [0.29, 0.717) is 37.6 Å². The third-order valence-corrected chi connectivity index (χ3v) is 6.85. The van der Waals surface area contributed by atoms with Crippen LogP contribution >= 0.6 is 0 Å². The van der Waals surface area contributed by atoms with Gasteiger partial charge >= 0.3 is 0 Å². The minimum Gasteiger partial charge on any atom is -0.379 e. The number of sulfonamides is 1. The number of carbonyl (C=O) groups is 1. The molecule has 4 rings (SSSR count). The summed E-state index contributed by atoms with van der Waals surface area (Å²) < 4.78 is 32.4. The maximum atomic E-state index is 13.0. The Morgan fingerprint density at radius 3 is 2.33 bits per heavy atom. The average Bonchev–Trinajstić information content (AvgIpc) is 2.80. The number of morpholine rings is 1. The van der Waals surface area contributed by atoms with Crippen molar-refractivity contribution in [1.29, 1.82) is 0 Å². The van der Waals surface area contributed by atoms with Crippen LogP contribution in [0.25, 0.3) is 11.1 Å². The molecule has 1 N–H and O–H groups in total. The number of carbonyl (C=O) groups excluding carboxylic acids is 1. The molecule has 30 heavy (non-hydrogen) atoms. The summed E-state index contributed by atoms with van der Waals surface area (Å²) in [6.07, 6.45) is 0. The maximum absolute atomic E-state index is 13.0. The van der Waals surface area contributed by atoms with Crippen LogP contribution in [0.15, 0.2) is 83.8 Å². The van der Waals surface area contributed by atoms with Crippen molar-refractivity contribution >= 4 is 21.6 Å². The predicted molar refractivity (Wildman–Crippen MR) is 116 cm³/mol. The van der Waals surface area contributed by atoms with Crippen molar-refractivity contribution in [1.82, 2.24) is 4.31 Å². The summed E-state index contributed by atoms with van der Waals surface area (Å²) in [5, 5.41) is 2.84. The van der Waals surface area contributed by atoms with E-state index < -0.39 is 10.0 Å². The number of hydrogen-bond donors (Lipinski definition) is 1. The largest absolute Gasteiger partial charge is 0.379 e. The fourth-order valence-corrected chi connectivity index (χ4v) is 4.87. The molecule has 1 amide bonds. The van der Waals surface area contributed by atoms with E-state index in [1.807, 2.05) is 42.5 Å². The number of nitrogens with zero attached hydrogens (tertiary/aromatic N) is 1. The molecule has 1 aliphatic rings. The quantitative estimate of drug-likeness (QED) is 0.681. The number of benzene rings is 3. The molecule has 3 aromatic rings. The first kappa shape index (κ1) is 20.3. The number of rotatable bonds is 5. The van der Waals surface area contributed by atoms with Crippen molar-refractivity contribution in [2.75, 3.05) is 31.6 Å². The smallest absolute Gasteiger partial charge is 0.256 e. The molecule has 0 radical (unpaired) electrons. The number of amides is 1. The van der Waals surface area contributed by atoms with Crippen LogP contribution in [-0.4, -0.2) is 44.9 Å². The van der Waals surface area contributed by atoms with Crippen LogP contribution in [0.4, 0.5) is 5.69 Å². The molecule has 0 aliphatic carbocycles. The summed E-state index contributed by atoms with van der Waals surface area (Å²) in [5.41, 5.74) is 2.70. The van der Waals surface area contributed by atoms with Gasteiger partial charge < -0.3 is 10.1 Å². The minimum absolute atomic E-state index is 0.151. The number of ether oxygens (including phenoxy) is 1. The molecule has 0 aromatic heterocycles. The summed E-state index contributed by atoms with van der Waals surface area (Å²) in [5.74, 6) is -0.296. The lowest BCUT2D eigenvalue weighted by molar-refractivity contribution is 0.0730. The van der Waals surface area contributed by atoms with Crippen LogP contribution in [0.2, 0.25) is 0 Å². The molecule has 0 unspecified atom stereocenters. The van der Waals surface area contributed by atoms with E-state index in [2.05, 4.69) is 5.32 Å². The lowest BCUT2D eigenvalue weighted by Crippen LogP contribution is -2.40. The zero-order valence-electron chi connectivity index (χ0n) is 16.3. The summed E-state index contributed by atoms with van der Waals surface area (Å²) in [4.78, 5) is 13.1. The van der Waals surface area contributed by atoms with Crippen molar-refractivity contribution in [3.8, 4) is 11.1 Å². The topological polar surface area (TPSA) is 75.7 Å². The summed E-state index contributed by atoms with van der Waals surface area (Å²) >= 11 is 0. The molecule has 154 valence electrons. The number of nitrogens with one attached hydrogen (secondary N) is 1. The number of anilines is 1. The Morgan fingerprint density at radius 1 is 0.867 bits per heavy atom. The Balaban J connectivity index is 1.59. The van der Waals surface area contributed by atoms with Gasteiger partial charge in [0.25, 0.3) is 5.91 Å². The summed E-state index contributed by atoms with van der Waals surface area (Å²) in [7, 11) is -3.63. The van der Waals surface area contributed by atoms with Gasteiger partial charge in [0.05, 0.1) is 18.1 Å². The lowest BCUT2D eigenvalue weighted by atomic mass is 9.99. The monoisotopic (exact) mass is 422 g/mol. The normalized spacial score (nSPS) is 14.9. The summed E-state index contributed by atoms with van der Waals surface area (Å²) in [6.45, 7) is 1.41. The van der Waals surface area contributed by atoms with Gasteiger partial charge in [0.2, 0.25) is 10.0 Å². The second-order valence-corrected chi connectivity index (χ2v) is 8.85. The van der Waals surface area contributed by atoms with E-state index in [1.165, 1.54) is 10.4 Å². The van der Waals surface area contributed by atoms with Crippen LogP contribution in [-0.2, 0) is 14.8 Å². The fraction of sp³-hybridized carbons (Fsp3) is 0.174. The van der Waals surface area contributed by atoms with Crippen molar-refractivity contribution in [2.45, 2.75) is 4.90 Å². The van der Waals surface area contributed by atoms with Gasteiger partial charge in [0.1, 0.15) is 0 Å². The fourth-order valence-electron chi connectivity index (χ4n) is 3.42. The molecule has 1 aliphatic heterocycles. The summed E-state index contributed by atoms with van der Waals surface area (Å²) in [6, 6.07) is 23.3. The Hall–Kier alpha value is -3.00. The zero-order valence-corrected chi connectivity index (χ0v) is 17.1. The standard InChI is InChI=1S/C23H22N2O4S/c26-23(22-12-5-4-11-21(22)18-7-2-1-3-8-18)24-19-9-6-10-20(17-19)30(27,28)25-13-15-29-16-14-25/h1-12,17H,13-16H2,(H,24,26). The van der Waals surface area contributed by atoms with Crippen LogP contribution in [0, 0.1) is 0 Å². The first-order valence-electron chi connectivity index (χ1n) is 9.69. The lowest BCUT2D eigenvalue weighted by Gasteiger charge is -2.26. The molecule has 0 atom stereocenters. The van der Waals surface area contributed by atoms with E-state index in [-0.39, 0.29) is 10.8 Å². The first-order chi connectivity index (χ1) is 14.6. The Morgan fingerprint density at radius 2 is 1.57 bits per heavy atom. The van der Waals surface area contributed by atoms with E-state index in [4.69, 9.17) is 4.74 Å². The SMILES string of the molecule is O=C(Nc1cccc(S(=O)(=O)N2CCOCC2)c1)c1ccccc1-c1ccccc1. The molecule has 3 aromatic carbocycles. The van der Waals surface area contributed by atoms with Crippen molar-refractivity contribution < 1.29 is 17.9 Å². The van der Waals surface area contributed by atoms with Gasteiger partial charge in [-0.3, -0.25) is 4.79 Å². The molecule has 0 saturated carbocycles. The molecular formula is C23H22N2O4S. The molecule has 1 saturated heterocycles. The highest BCUT2D eigenvalue weighted by molar-refractivity contribution is 7.89. The van der Waals surface area contributed by atoms with E-state index >= 15 is 0 Å². The van der Waals surface area contributed by atoms with Gasteiger partial charge in [0, 0.05) is 24.3 Å². The van der Waals surface area contributed by atoms with Crippen LogP contribution in [0.3, 0.4) is 0 Å². The van der Waals surface area contributed by atoms with Crippen molar-refractivity contribution in [3.63, 3.8) is 0 Å². The van der Waals surface area contributed by atoms with Gasteiger partial charge in [-0.25, -0.2) is 8.42 Å². The van der Waals surface area contributed by atoms with Crippen LogP contribution in [0.1, 0.15) is 10.4 Å². The van der Waals surface area contributed by atoms with Crippen LogP contribution in [0.5, 0.6) is 0 Å². The second kappa shape index (κ2) is 8.79. The highest BCUT2D eigenvalue weighted by Crippen LogP contribution is 2.25. The molecule has 1 fully saturated rings.